The molecular weight excluding hydrogens is 416 g/mol. The molecule has 0 saturated heterocycles. The smallest absolute Gasteiger partial charge is 0.269 e. The molecule has 0 fully saturated rings. The molecule has 29 heavy (non-hydrogen) atoms. The lowest BCUT2D eigenvalue weighted by molar-refractivity contribution is -0.384. The number of carbonyl (C=O) groups excluding carboxylic acids is 1. The Morgan fingerprint density at radius 3 is 2.76 bits per heavy atom. The Morgan fingerprint density at radius 1 is 1.31 bits per heavy atom. The number of benzene rings is 2. The summed E-state index contributed by atoms with van der Waals surface area (Å²) >= 11 is 11.2. The van der Waals surface area contributed by atoms with Crippen LogP contribution in [0.25, 0.3) is 0 Å². The number of hydrogen-bond acceptors (Lipinski definition) is 5. The van der Waals surface area contributed by atoms with Crippen LogP contribution >= 0.6 is 23.8 Å². The van der Waals surface area contributed by atoms with Gasteiger partial charge in [0.05, 0.1) is 29.3 Å². The molecule has 1 unspecified atom stereocenters. The molecule has 0 bridgehead atoms. The molecular formula is C19H17ClN4O4S. The summed E-state index contributed by atoms with van der Waals surface area (Å²) < 4.78 is 5.27. The summed E-state index contributed by atoms with van der Waals surface area (Å²) in [5.41, 5.74) is 1.72. The summed E-state index contributed by atoms with van der Waals surface area (Å²) in [5.74, 6) is 0.0159. The van der Waals surface area contributed by atoms with Gasteiger partial charge in [0.25, 0.3) is 11.6 Å². The Labute approximate surface area is 177 Å². The Bertz CT molecular complexity index is 1040. The van der Waals surface area contributed by atoms with E-state index < -0.39 is 16.9 Å². The number of nitrogens with one attached hydrogen (secondary N) is 3. The van der Waals surface area contributed by atoms with Crippen LogP contribution < -0.4 is 20.7 Å². The van der Waals surface area contributed by atoms with Crippen LogP contribution in [-0.4, -0.2) is 23.1 Å². The summed E-state index contributed by atoms with van der Waals surface area (Å²) in [4.78, 5) is 23.8. The summed E-state index contributed by atoms with van der Waals surface area (Å²) in [6.45, 7) is 1.71. The lowest BCUT2D eigenvalue weighted by Crippen LogP contribution is -2.45. The second kappa shape index (κ2) is 8.46. The molecule has 2 aromatic carbocycles. The first-order valence-electron chi connectivity index (χ1n) is 8.47. The molecule has 0 saturated carbocycles. The SMILES string of the molecule is COc1ccc(Cl)cc1NC(=O)C1=C(C)NC(=S)NC1c1cccc([N+](=O)[O-])c1. The number of nitrogens with zero attached hydrogens (tertiary/aromatic N) is 1. The van der Waals surface area contributed by atoms with E-state index in [0.717, 1.165) is 0 Å². The third-order valence-corrected chi connectivity index (χ3v) is 4.79. The van der Waals surface area contributed by atoms with Crippen LogP contribution in [0, 0.1) is 10.1 Å². The number of methoxy groups -OCH3 is 1. The standard InChI is InChI=1S/C19H17ClN4O4S/c1-10-16(18(25)22-14-9-12(20)6-7-15(14)28-2)17(23-19(29)21-10)11-4-3-5-13(8-11)24(26)27/h3-9,17H,1-2H3,(H,22,25)(H2,21,23,29). The number of hydrogen-bond donors (Lipinski definition) is 3. The highest BCUT2D eigenvalue weighted by Gasteiger charge is 2.31. The zero-order valence-electron chi connectivity index (χ0n) is 15.5. The number of non-ortho nitro benzene ring substituents is 1. The van der Waals surface area contributed by atoms with Crippen LogP contribution in [0.1, 0.15) is 18.5 Å². The van der Waals surface area contributed by atoms with Gasteiger partial charge in [0.1, 0.15) is 5.75 Å². The maximum absolute atomic E-state index is 13.1. The van der Waals surface area contributed by atoms with Crippen molar-refractivity contribution >= 4 is 46.2 Å². The van der Waals surface area contributed by atoms with E-state index in [0.29, 0.717) is 38.4 Å². The van der Waals surface area contributed by atoms with Gasteiger partial charge in [0.15, 0.2) is 5.11 Å². The second-order valence-corrected chi connectivity index (χ2v) is 7.07. The maximum atomic E-state index is 13.1. The van der Waals surface area contributed by atoms with E-state index in [2.05, 4.69) is 16.0 Å². The molecule has 0 radical (unpaired) electrons. The predicted octanol–water partition coefficient (Wildman–Crippen LogP) is 3.69. The minimum absolute atomic E-state index is 0.0809. The van der Waals surface area contributed by atoms with Gasteiger partial charge in [-0.15, -0.1) is 0 Å². The van der Waals surface area contributed by atoms with Gasteiger partial charge in [-0.2, -0.15) is 0 Å². The molecule has 8 nitrogen and oxygen atoms in total. The van der Waals surface area contributed by atoms with Crippen LogP contribution in [0.3, 0.4) is 0 Å². The van der Waals surface area contributed by atoms with Crippen molar-refractivity contribution in [3.8, 4) is 5.75 Å². The topological polar surface area (TPSA) is 106 Å². The average Bonchev–Trinajstić information content (AvgIpc) is 2.67. The van der Waals surface area contributed by atoms with Crippen molar-refractivity contribution in [2.24, 2.45) is 0 Å². The normalized spacial score (nSPS) is 16.0. The lowest BCUT2D eigenvalue weighted by atomic mass is 9.94. The summed E-state index contributed by atoms with van der Waals surface area (Å²) in [7, 11) is 1.48. The number of ether oxygens (including phenoxy) is 1. The first-order valence-corrected chi connectivity index (χ1v) is 9.26. The molecule has 1 aliphatic rings. The predicted molar refractivity (Wildman–Crippen MR) is 114 cm³/mol. The van der Waals surface area contributed by atoms with Crippen LogP contribution in [0.15, 0.2) is 53.7 Å². The molecule has 3 N–H and O–H groups in total. The van der Waals surface area contributed by atoms with Crippen molar-refractivity contribution in [2.75, 3.05) is 12.4 Å². The summed E-state index contributed by atoms with van der Waals surface area (Å²) in [5, 5.41) is 20.6. The molecule has 1 aliphatic heterocycles. The highest BCUT2D eigenvalue weighted by molar-refractivity contribution is 7.80. The monoisotopic (exact) mass is 432 g/mol. The first kappa shape index (κ1) is 20.6. The van der Waals surface area contributed by atoms with Crippen molar-refractivity contribution in [3.05, 3.63) is 74.4 Å². The van der Waals surface area contributed by atoms with Gasteiger partial charge < -0.3 is 20.7 Å². The first-order chi connectivity index (χ1) is 13.8. The fraction of sp³-hybridized carbons (Fsp3) is 0.158. The molecule has 0 spiro atoms. The number of carbonyl (C=O) groups is 1. The van der Waals surface area contributed by atoms with Crippen molar-refractivity contribution in [1.82, 2.24) is 10.6 Å². The van der Waals surface area contributed by atoms with Gasteiger partial charge in [0, 0.05) is 22.9 Å². The average molecular weight is 433 g/mol. The van der Waals surface area contributed by atoms with E-state index in [4.69, 9.17) is 28.6 Å². The van der Waals surface area contributed by atoms with E-state index in [1.807, 2.05) is 0 Å². The largest absolute Gasteiger partial charge is 0.495 e. The number of nitro groups is 1. The van der Waals surface area contributed by atoms with Gasteiger partial charge in [-0.05, 0) is 42.9 Å². The zero-order valence-corrected chi connectivity index (χ0v) is 17.1. The fourth-order valence-corrected chi connectivity index (χ4v) is 3.47. The Kier molecular flexibility index (Phi) is 6.00. The highest BCUT2D eigenvalue weighted by atomic mass is 35.5. The molecule has 0 aromatic heterocycles. The second-order valence-electron chi connectivity index (χ2n) is 6.22. The molecule has 0 aliphatic carbocycles. The molecule has 1 heterocycles. The Morgan fingerprint density at radius 2 is 2.07 bits per heavy atom. The molecule has 3 rings (SSSR count). The van der Waals surface area contributed by atoms with E-state index >= 15 is 0 Å². The molecule has 150 valence electrons. The summed E-state index contributed by atoms with van der Waals surface area (Å²) in [6.07, 6.45) is 0. The highest BCUT2D eigenvalue weighted by Crippen LogP contribution is 2.32. The summed E-state index contributed by atoms with van der Waals surface area (Å²) in [6, 6.07) is 10.2. The third kappa shape index (κ3) is 4.47. The molecule has 1 atom stereocenters. The molecule has 2 aromatic rings. The van der Waals surface area contributed by atoms with E-state index in [1.54, 1.807) is 37.3 Å². The van der Waals surface area contributed by atoms with Crippen LogP contribution in [0.5, 0.6) is 5.75 Å². The minimum atomic E-state index is -0.672. The maximum Gasteiger partial charge on any atom is 0.269 e. The third-order valence-electron chi connectivity index (χ3n) is 4.34. The fourth-order valence-electron chi connectivity index (χ4n) is 3.03. The number of halogens is 1. The number of nitro benzene ring substituents is 1. The van der Waals surface area contributed by atoms with Crippen molar-refractivity contribution in [2.45, 2.75) is 13.0 Å². The minimum Gasteiger partial charge on any atom is -0.495 e. The quantitative estimate of drug-likeness (QED) is 0.376. The van der Waals surface area contributed by atoms with Gasteiger partial charge in [-0.25, -0.2) is 0 Å². The Hall–Kier alpha value is -3.17. The number of amides is 1. The number of thiocarbonyl (C=S) groups is 1. The molecule has 10 heteroatoms. The van der Waals surface area contributed by atoms with Crippen LogP contribution in [-0.2, 0) is 4.79 Å². The van der Waals surface area contributed by atoms with Crippen LogP contribution in [0.4, 0.5) is 11.4 Å². The van der Waals surface area contributed by atoms with E-state index in [-0.39, 0.29) is 5.69 Å². The number of rotatable bonds is 5. The molecule has 1 amide bonds. The van der Waals surface area contributed by atoms with Gasteiger partial charge in [0.2, 0.25) is 0 Å². The van der Waals surface area contributed by atoms with E-state index in [1.165, 1.54) is 19.2 Å². The zero-order chi connectivity index (χ0) is 21.1. The van der Waals surface area contributed by atoms with Crippen molar-refractivity contribution in [1.29, 1.82) is 0 Å². The number of anilines is 1. The van der Waals surface area contributed by atoms with Gasteiger partial charge >= 0.3 is 0 Å². The van der Waals surface area contributed by atoms with Gasteiger partial charge in [-0.1, -0.05) is 23.7 Å². The number of allylic oxidation sites excluding steroid dienone is 1. The van der Waals surface area contributed by atoms with Crippen molar-refractivity contribution in [3.63, 3.8) is 0 Å². The van der Waals surface area contributed by atoms with Crippen LogP contribution in [0.2, 0.25) is 5.02 Å². The Balaban J connectivity index is 2.00. The van der Waals surface area contributed by atoms with Gasteiger partial charge in [-0.3, -0.25) is 14.9 Å². The van der Waals surface area contributed by atoms with Crippen molar-refractivity contribution < 1.29 is 14.5 Å². The lowest BCUT2D eigenvalue weighted by Gasteiger charge is -2.30. The van der Waals surface area contributed by atoms with E-state index in [9.17, 15) is 14.9 Å².